The third-order valence-corrected chi connectivity index (χ3v) is 2.47. The third-order valence-electron chi connectivity index (χ3n) is 1.22. The van der Waals surface area contributed by atoms with Crippen LogP contribution in [0.4, 0.5) is 0 Å². The molecule has 0 aromatic carbocycles. The van der Waals surface area contributed by atoms with Crippen molar-refractivity contribution in [3.05, 3.63) is 0 Å². The van der Waals surface area contributed by atoms with Gasteiger partial charge in [0.05, 0.1) is 0 Å². The lowest BCUT2D eigenvalue weighted by Crippen LogP contribution is -2.27. The molecule has 0 spiro atoms. The number of nitrogens with zero attached hydrogens (tertiary/aromatic N) is 1. The van der Waals surface area contributed by atoms with Crippen molar-refractivity contribution in [1.29, 1.82) is 0 Å². The molecular formula is C7H16NP. The van der Waals surface area contributed by atoms with Crippen LogP contribution in [0.3, 0.4) is 0 Å². The van der Waals surface area contributed by atoms with Gasteiger partial charge in [0, 0.05) is 12.1 Å². The summed E-state index contributed by atoms with van der Waals surface area (Å²) in [6.07, 6.45) is 3.83. The zero-order chi connectivity index (χ0) is 7.44. The third kappa shape index (κ3) is 2.98. The Morgan fingerprint density at radius 2 is 1.44 bits per heavy atom. The molecule has 0 bridgehead atoms. The standard InChI is InChI=1S/C7H16NP/c1-6(2)8(9-5)7(3)4/h6-7H,5H2,1-4H3. The summed E-state index contributed by atoms with van der Waals surface area (Å²) in [7, 11) is 1.13. The van der Waals surface area contributed by atoms with E-state index >= 15 is 0 Å². The Balaban J connectivity index is 3.82. The first-order valence-corrected chi connectivity index (χ1v) is 4.37. The van der Waals surface area contributed by atoms with Crippen LogP contribution in [0.25, 0.3) is 0 Å². The molecule has 0 unspecified atom stereocenters. The fourth-order valence-corrected chi connectivity index (χ4v) is 1.58. The van der Waals surface area contributed by atoms with Gasteiger partial charge < -0.3 is 0 Å². The van der Waals surface area contributed by atoms with Crippen molar-refractivity contribution in [3.63, 3.8) is 0 Å². The highest BCUT2D eigenvalue weighted by atomic mass is 31.1. The Labute approximate surface area is 59.9 Å². The van der Waals surface area contributed by atoms with Gasteiger partial charge in [0.1, 0.15) is 0 Å². The van der Waals surface area contributed by atoms with Crippen LogP contribution in [0.1, 0.15) is 27.7 Å². The summed E-state index contributed by atoms with van der Waals surface area (Å²) in [6, 6.07) is 1.23. The highest BCUT2D eigenvalue weighted by Gasteiger charge is 2.08. The maximum absolute atomic E-state index is 3.83. The molecule has 0 fully saturated rings. The van der Waals surface area contributed by atoms with Gasteiger partial charge in [0.2, 0.25) is 0 Å². The van der Waals surface area contributed by atoms with Crippen molar-refractivity contribution in [3.8, 4) is 0 Å². The van der Waals surface area contributed by atoms with E-state index in [1.165, 1.54) is 0 Å². The van der Waals surface area contributed by atoms with Crippen LogP contribution < -0.4 is 0 Å². The zero-order valence-electron chi connectivity index (χ0n) is 6.76. The van der Waals surface area contributed by atoms with Crippen LogP contribution in [0.2, 0.25) is 0 Å². The van der Waals surface area contributed by atoms with Crippen molar-refractivity contribution in [1.82, 2.24) is 4.67 Å². The second-order valence-electron chi connectivity index (χ2n) is 2.71. The minimum atomic E-state index is 0.615. The van der Waals surface area contributed by atoms with Crippen molar-refractivity contribution in [2.45, 2.75) is 39.8 Å². The Morgan fingerprint density at radius 1 is 1.11 bits per heavy atom. The molecule has 0 saturated carbocycles. The maximum Gasteiger partial charge on any atom is 0.0126 e. The molecule has 0 radical (unpaired) electrons. The van der Waals surface area contributed by atoms with Crippen LogP contribution in [-0.4, -0.2) is 23.1 Å². The minimum absolute atomic E-state index is 0.615. The first-order chi connectivity index (χ1) is 4.09. The van der Waals surface area contributed by atoms with Crippen LogP contribution >= 0.6 is 8.35 Å². The Hall–Kier alpha value is 0.130. The van der Waals surface area contributed by atoms with Gasteiger partial charge in [-0.1, -0.05) is 6.30 Å². The normalized spacial score (nSPS) is 12.3. The molecule has 0 N–H and O–H groups in total. The number of hydrogen-bond donors (Lipinski definition) is 0. The molecule has 0 aromatic heterocycles. The molecular weight excluding hydrogens is 129 g/mol. The van der Waals surface area contributed by atoms with Crippen LogP contribution in [-0.2, 0) is 0 Å². The lowest BCUT2D eigenvalue weighted by atomic mass is 10.3. The van der Waals surface area contributed by atoms with Gasteiger partial charge in [-0.15, -0.1) is 0 Å². The molecule has 0 saturated heterocycles. The van der Waals surface area contributed by atoms with E-state index in [0.29, 0.717) is 12.1 Å². The van der Waals surface area contributed by atoms with E-state index in [4.69, 9.17) is 0 Å². The summed E-state index contributed by atoms with van der Waals surface area (Å²) in [5.74, 6) is 0. The number of rotatable bonds is 3. The van der Waals surface area contributed by atoms with Crippen molar-refractivity contribution in [2.75, 3.05) is 0 Å². The molecule has 0 atom stereocenters. The van der Waals surface area contributed by atoms with Crippen molar-refractivity contribution < 1.29 is 0 Å². The highest BCUT2D eigenvalue weighted by molar-refractivity contribution is 7.33. The van der Waals surface area contributed by atoms with Gasteiger partial charge >= 0.3 is 0 Å². The van der Waals surface area contributed by atoms with E-state index in [9.17, 15) is 0 Å². The minimum Gasteiger partial charge on any atom is -0.253 e. The van der Waals surface area contributed by atoms with E-state index in [1.807, 2.05) is 0 Å². The Morgan fingerprint density at radius 3 is 1.44 bits per heavy atom. The van der Waals surface area contributed by atoms with Gasteiger partial charge in [0.25, 0.3) is 0 Å². The van der Waals surface area contributed by atoms with Crippen molar-refractivity contribution >= 4 is 14.7 Å². The Bertz CT molecular complexity index is 80.9. The van der Waals surface area contributed by atoms with E-state index in [1.54, 1.807) is 0 Å². The molecule has 1 nitrogen and oxygen atoms in total. The predicted octanol–water partition coefficient (Wildman–Crippen LogP) is 2.40. The average Bonchev–Trinajstić information content (AvgIpc) is 1.64. The van der Waals surface area contributed by atoms with E-state index in [-0.39, 0.29) is 0 Å². The Kier molecular flexibility index (Phi) is 4.09. The van der Waals surface area contributed by atoms with Gasteiger partial charge in [-0.2, -0.15) is 0 Å². The molecule has 0 aromatic rings. The van der Waals surface area contributed by atoms with Crippen LogP contribution in [0.5, 0.6) is 0 Å². The molecule has 54 valence electrons. The SMILES string of the molecule is C=PN(C(C)C)C(C)C. The quantitative estimate of drug-likeness (QED) is 0.551. The van der Waals surface area contributed by atoms with Crippen molar-refractivity contribution in [2.24, 2.45) is 0 Å². The lowest BCUT2D eigenvalue weighted by molar-refractivity contribution is 0.333. The molecule has 0 amide bonds. The van der Waals surface area contributed by atoms with E-state index in [2.05, 4.69) is 38.7 Å². The summed E-state index contributed by atoms with van der Waals surface area (Å²) in [5, 5.41) is 0. The van der Waals surface area contributed by atoms with Crippen LogP contribution in [0.15, 0.2) is 0 Å². The fourth-order valence-electron chi connectivity index (χ4n) is 0.923. The molecule has 0 rings (SSSR count). The summed E-state index contributed by atoms with van der Waals surface area (Å²) < 4.78 is 2.32. The largest absolute Gasteiger partial charge is 0.253 e. The molecule has 0 aliphatic rings. The van der Waals surface area contributed by atoms with Gasteiger partial charge in [-0.3, -0.25) is 4.67 Å². The smallest absolute Gasteiger partial charge is 0.0126 e. The maximum atomic E-state index is 3.83. The predicted molar refractivity (Wildman–Crippen MR) is 46.2 cm³/mol. The summed E-state index contributed by atoms with van der Waals surface area (Å²) in [5.41, 5.74) is 0. The molecule has 2 heteroatoms. The molecule has 9 heavy (non-hydrogen) atoms. The summed E-state index contributed by atoms with van der Waals surface area (Å²) >= 11 is 0. The average molecular weight is 145 g/mol. The molecule has 0 heterocycles. The zero-order valence-corrected chi connectivity index (χ0v) is 7.65. The second-order valence-corrected chi connectivity index (χ2v) is 3.45. The molecule has 0 aliphatic heterocycles. The monoisotopic (exact) mass is 145 g/mol. The fraction of sp³-hybridized carbons (Fsp3) is 0.857. The van der Waals surface area contributed by atoms with E-state index < -0.39 is 0 Å². The highest BCUT2D eigenvalue weighted by Crippen LogP contribution is 2.13. The van der Waals surface area contributed by atoms with E-state index in [0.717, 1.165) is 8.35 Å². The first-order valence-electron chi connectivity index (χ1n) is 3.34. The second kappa shape index (κ2) is 4.03. The topological polar surface area (TPSA) is 3.24 Å². The van der Waals surface area contributed by atoms with Gasteiger partial charge in [0.15, 0.2) is 0 Å². The number of hydrogen-bond acceptors (Lipinski definition) is 1. The van der Waals surface area contributed by atoms with Crippen LogP contribution in [0, 0.1) is 0 Å². The molecule has 0 aliphatic carbocycles. The summed E-state index contributed by atoms with van der Waals surface area (Å²) in [6.45, 7) is 8.77. The first kappa shape index (κ1) is 9.13. The van der Waals surface area contributed by atoms with Gasteiger partial charge in [-0.25, -0.2) is 0 Å². The summed E-state index contributed by atoms with van der Waals surface area (Å²) in [4.78, 5) is 0. The van der Waals surface area contributed by atoms with Gasteiger partial charge in [-0.05, 0) is 36.0 Å². The lowest BCUT2D eigenvalue weighted by Gasteiger charge is -2.24.